The van der Waals surface area contributed by atoms with Crippen LogP contribution >= 0.6 is 0 Å². The second kappa shape index (κ2) is 12.5. The molecule has 2 aliphatic heterocycles. The second-order valence-corrected chi connectivity index (χ2v) is 10.2. The van der Waals surface area contributed by atoms with E-state index in [-0.39, 0.29) is 29.6 Å². The molecular weight excluding hydrogens is 572 g/mol. The molecule has 15 heteroatoms. The number of benzene rings is 2. The van der Waals surface area contributed by atoms with Gasteiger partial charge in [0.2, 0.25) is 5.91 Å². The number of nitro benzene ring substituents is 1. The van der Waals surface area contributed by atoms with Gasteiger partial charge in [0.1, 0.15) is 5.56 Å². The monoisotopic (exact) mass is 601 g/mol. The minimum absolute atomic E-state index is 0.0271. The summed E-state index contributed by atoms with van der Waals surface area (Å²) in [7, 11) is 0. The molecule has 2 saturated heterocycles. The van der Waals surface area contributed by atoms with Crippen molar-refractivity contribution in [3.05, 3.63) is 69.3 Å². The number of anilines is 1. The number of alkyl halides is 6. The molecule has 42 heavy (non-hydrogen) atoms. The summed E-state index contributed by atoms with van der Waals surface area (Å²) in [6.07, 6.45) is -8.21. The lowest BCUT2D eigenvalue weighted by Gasteiger charge is -2.36. The standard InChI is InChI=1S/C27H29F6N5O4/c28-26(29,30)19-3-1-2-18(16-19)25(40)37-14-12-35(13-15-37)9-8-24(39)36-10-6-20(7-11-36)34-21-4-5-23(38(41)42)22(17-21)27(31,32)33/h1-5,16-17,20,34H,6-15H2. The fourth-order valence-corrected chi connectivity index (χ4v) is 5.12. The second-order valence-electron chi connectivity index (χ2n) is 10.2. The molecule has 0 aromatic heterocycles. The number of piperidine rings is 1. The number of nitrogens with zero attached hydrogens (tertiary/aromatic N) is 4. The highest BCUT2D eigenvalue weighted by Crippen LogP contribution is 2.38. The maximum absolute atomic E-state index is 13.3. The van der Waals surface area contributed by atoms with Crippen LogP contribution < -0.4 is 5.32 Å². The first kappa shape index (κ1) is 31.1. The van der Waals surface area contributed by atoms with Gasteiger partial charge in [0, 0.05) is 75.6 Å². The minimum Gasteiger partial charge on any atom is -0.382 e. The molecule has 1 N–H and O–H groups in total. The van der Waals surface area contributed by atoms with Crippen LogP contribution in [-0.2, 0) is 17.1 Å². The number of hydrogen-bond acceptors (Lipinski definition) is 6. The molecule has 9 nitrogen and oxygen atoms in total. The molecule has 4 rings (SSSR count). The molecule has 228 valence electrons. The Morgan fingerprint density at radius 1 is 0.881 bits per heavy atom. The van der Waals surface area contributed by atoms with Crippen molar-refractivity contribution in [2.75, 3.05) is 51.1 Å². The summed E-state index contributed by atoms with van der Waals surface area (Å²) in [4.78, 5) is 40.5. The Kier molecular flexibility index (Phi) is 9.28. The summed E-state index contributed by atoms with van der Waals surface area (Å²) in [6.45, 7) is 2.83. The van der Waals surface area contributed by atoms with E-state index < -0.39 is 40.0 Å². The average Bonchev–Trinajstić information content (AvgIpc) is 2.95. The van der Waals surface area contributed by atoms with Crippen molar-refractivity contribution in [3.63, 3.8) is 0 Å². The van der Waals surface area contributed by atoms with Crippen molar-refractivity contribution in [1.29, 1.82) is 0 Å². The molecule has 2 fully saturated rings. The van der Waals surface area contributed by atoms with Gasteiger partial charge in [-0.1, -0.05) is 6.07 Å². The predicted octanol–water partition coefficient (Wildman–Crippen LogP) is 4.88. The highest BCUT2D eigenvalue weighted by atomic mass is 19.4. The van der Waals surface area contributed by atoms with Crippen LogP contribution in [0.1, 0.15) is 40.7 Å². The van der Waals surface area contributed by atoms with Crippen LogP contribution in [0.4, 0.5) is 37.7 Å². The van der Waals surface area contributed by atoms with Gasteiger partial charge in [-0.3, -0.25) is 24.6 Å². The van der Waals surface area contributed by atoms with Gasteiger partial charge in [0.25, 0.3) is 11.6 Å². The third kappa shape index (κ3) is 7.69. The Morgan fingerprint density at radius 3 is 2.14 bits per heavy atom. The summed E-state index contributed by atoms with van der Waals surface area (Å²) in [6, 6.07) is 6.89. The average molecular weight is 602 g/mol. The largest absolute Gasteiger partial charge is 0.423 e. The minimum atomic E-state index is -4.87. The van der Waals surface area contributed by atoms with E-state index in [1.807, 2.05) is 4.90 Å². The lowest BCUT2D eigenvalue weighted by Crippen LogP contribution is -2.49. The Balaban J connectivity index is 1.20. The topological polar surface area (TPSA) is 99.0 Å². The number of nitro groups is 1. The summed E-state index contributed by atoms with van der Waals surface area (Å²) in [5, 5.41) is 13.9. The van der Waals surface area contributed by atoms with Crippen LogP contribution in [0, 0.1) is 10.1 Å². The van der Waals surface area contributed by atoms with Crippen LogP contribution in [-0.4, -0.2) is 83.3 Å². The van der Waals surface area contributed by atoms with Gasteiger partial charge >= 0.3 is 12.4 Å². The molecule has 0 saturated carbocycles. The number of nitrogens with one attached hydrogen (secondary N) is 1. The Bertz CT molecular complexity index is 1300. The summed E-state index contributed by atoms with van der Waals surface area (Å²) in [5.74, 6) is -0.553. The molecule has 0 atom stereocenters. The van der Waals surface area contributed by atoms with Gasteiger partial charge in [-0.15, -0.1) is 0 Å². The quantitative estimate of drug-likeness (QED) is 0.276. The van der Waals surface area contributed by atoms with Crippen LogP contribution in [0.2, 0.25) is 0 Å². The van der Waals surface area contributed by atoms with Crippen molar-refractivity contribution >= 4 is 23.2 Å². The molecule has 0 unspecified atom stereocenters. The zero-order valence-corrected chi connectivity index (χ0v) is 22.4. The fourth-order valence-electron chi connectivity index (χ4n) is 5.12. The van der Waals surface area contributed by atoms with Crippen LogP contribution in [0.15, 0.2) is 42.5 Å². The number of likely N-dealkylation sites (tertiary alicyclic amines) is 1. The van der Waals surface area contributed by atoms with Gasteiger partial charge in [-0.2, -0.15) is 26.3 Å². The highest BCUT2D eigenvalue weighted by Gasteiger charge is 2.38. The maximum atomic E-state index is 13.3. The van der Waals surface area contributed by atoms with Gasteiger partial charge in [-0.25, -0.2) is 0 Å². The normalized spacial score (nSPS) is 17.3. The smallest absolute Gasteiger partial charge is 0.382 e. The molecule has 0 aliphatic carbocycles. The Morgan fingerprint density at radius 2 is 1.55 bits per heavy atom. The number of carbonyl (C=O) groups is 2. The van der Waals surface area contributed by atoms with E-state index in [1.54, 1.807) is 4.90 Å². The fraction of sp³-hybridized carbons (Fsp3) is 0.481. The van der Waals surface area contributed by atoms with Crippen molar-refractivity contribution in [1.82, 2.24) is 14.7 Å². The molecule has 2 aromatic rings. The molecule has 0 radical (unpaired) electrons. The molecule has 2 heterocycles. The number of hydrogen-bond donors (Lipinski definition) is 1. The van der Waals surface area contributed by atoms with Crippen molar-refractivity contribution < 1.29 is 40.9 Å². The zero-order valence-electron chi connectivity index (χ0n) is 22.4. The lowest BCUT2D eigenvalue weighted by atomic mass is 10.0. The molecular formula is C27H29F6N5O4. The summed E-state index contributed by atoms with van der Waals surface area (Å²) >= 11 is 0. The molecule has 2 aliphatic rings. The van der Waals surface area contributed by atoms with Gasteiger partial charge in [0.05, 0.1) is 10.5 Å². The van der Waals surface area contributed by atoms with Gasteiger partial charge in [-0.05, 0) is 43.2 Å². The van der Waals surface area contributed by atoms with Crippen molar-refractivity contribution in [2.24, 2.45) is 0 Å². The first-order valence-electron chi connectivity index (χ1n) is 13.3. The van der Waals surface area contributed by atoms with Crippen molar-refractivity contribution in [3.8, 4) is 0 Å². The predicted molar refractivity (Wildman–Crippen MR) is 140 cm³/mol. The van der Waals surface area contributed by atoms with E-state index >= 15 is 0 Å². The molecule has 2 aromatic carbocycles. The number of carbonyl (C=O) groups excluding carboxylic acids is 2. The third-order valence-electron chi connectivity index (χ3n) is 7.46. The third-order valence-corrected chi connectivity index (χ3v) is 7.46. The lowest BCUT2D eigenvalue weighted by molar-refractivity contribution is -0.388. The van der Waals surface area contributed by atoms with E-state index in [0.717, 1.165) is 24.3 Å². The van der Waals surface area contributed by atoms with E-state index in [4.69, 9.17) is 0 Å². The van der Waals surface area contributed by atoms with E-state index in [1.165, 1.54) is 23.1 Å². The number of halogens is 6. The van der Waals surface area contributed by atoms with Gasteiger partial charge in [0.15, 0.2) is 0 Å². The van der Waals surface area contributed by atoms with E-state index in [0.29, 0.717) is 58.7 Å². The molecule has 0 spiro atoms. The highest BCUT2D eigenvalue weighted by molar-refractivity contribution is 5.94. The number of rotatable bonds is 7. The van der Waals surface area contributed by atoms with Crippen LogP contribution in [0.3, 0.4) is 0 Å². The number of amides is 2. The molecule has 0 bridgehead atoms. The first-order chi connectivity index (χ1) is 19.7. The molecule has 2 amide bonds. The van der Waals surface area contributed by atoms with Gasteiger partial charge < -0.3 is 15.1 Å². The Hall–Kier alpha value is -3.88. The van der Waals surface area contributed by atoms with Crippen LogP contribution in [0.5, 0.6) is 0 Å². The van der Waals surface area contributed by atoms with Crippen LogP contribution in [0.25, 0.3) is 0 Å². The SMILES string of the molecule is O=C(CCN1CCN(C(=O)c2cccc(C(F)(F)F)c2)CC1)N1CCC(Nc2ccc([N+](=O)[O-])c(C(F)(F)F)c2)CC1. The van der Waals surface area contributed by atoms with Crippen molar-refractivity contribution in [2.45, 2.75) is 37.7 Å². The first-order valence-corrected chi connectivity index (χ1v) is 13.3. The summed E-state index contributed by atoms with van der Waals surface area (Å²) < 4.78 is 78.7. The van der Waals surface area contributed by atoms with E-state index in [9.17, 15) is 46.0 Å². The number of piperazine rings is 1. The van der Waals surface area contributed by atoms with E-state index in [2.05, 4.69) is 5.32 Å². The summed E-state index contributed by atoms with van der Waals surface area (Å²) in [5.41, 5.74) is -3.14. The zero-order chi connectivity index (χ0) is 30.7. The maximum Gasteiger partial charge on any atom is 0.423 e. The Labute approximate surface area is 237 Å².